The van der Waals surface area contributed by atoms with Gasteiger partial charge in [0.05, 0.1) is 31.5 Å². The maximum Gasteiger partial charge on any atom is 0.340 e. The second kappa shape index (κ2) is 9.31. The largest absolute Gasteiger partial charge is 0.497 e. The van der Waals surface area contributed by atoms with Gasteiger partial charge in [0.1, 0.15) is 11.5 Å². The van der Waals surface area contributed by atoms with Crippen molar-refractivity contribution in [2.75, 3.05) is 25.2 Å². The number of hydrogen-bond acceptors (Lipinski definition) is 5. The number of allylic oxidation sites excluding steroid dienone is 1. The van der Waals surface area contributed by atoms with Crippen molar-refractivity contribution in [2.24, 2.45) is 0 Å². The Morgan fingerprint density at radius 1 is 1.03 bits per heavy atom. The number of rotatable bonds is 7. The lowest BCUT2D eigenvalue weighted by molar-refractivity contribution is -0.138. The molecule has 0 fully saturated rings. The molecule has 1 heterocycles. The predicted molar refractivity (Wildman–Crippen MR) is 115 cm³/mol. The van der Waals surface area contributed by atoms with Crippen molar-refractivity contribution < 1.29 is 23.8 Å². The fraction of sp³-hybridized carbons (Fsp3) is 0.250. The number of anilines is 1. The van der Waals surface area contributed by atoms with Gasteiger partial charge >= 0.3 is 5.97 Å². The Morgan fingerprint density at radius 3 is 2.37 bits per heavy atom. The summed E-state index contributed by atoms with van der Waals surface area (Å²) in [7, 11) is 1.58. The highest BCUT2D eigenvalue weighted by atomic mass is 16.5. The minimum Gasteiger partial charge on any atom is -0.497 e. The second-order valence-electron chi connectivity index (χ2n) is 6.55. The number of carbonyl (C=O) groups is 2. The van der Waals surface area contributed by atoms with Crippen LogP contribution in [0, 0.1) is 0 Å². The minimum atomic E-state index is -0.528. The molecule has 1 aliphatic rings. The molecule has 1 amide bonds. The molecule has 0 N–H and O–H groups in total. The first-order valence-electron chi connectivity index (χ1n) is 9.82. The monoisotopic (exact) mass is 407 g/mol. The highest BCUT2D eigenvalue weighted by Gasteiger charge is 2.38. The molecular formula is C24H25NO5. The van der Waals surface area contributed by atoms with Gasteiger partial charge in [-0.2, -0.15) is 0 Å². The van der Waals surface area contributed by atoms with E-state index in [9.17, 15) is 9.59 Å². The summed E-state index contributed by atoms with van der Waals surface area (Å²) in [6.45, 7) is 6.08. The standard InChI is InChI=1S/C24H25NO5/c1-5-29-21-10-8-7-9-17(21)15-20-22(24(27)30-6-2)16(3)25(23(20)26)18-11-13-19(28-4)14-12-18/h7-15H,5-6H2,1-4H3/b20-15-. The summed E-state index contributed by atoms with van der Waals surface area (Å²) in [5.74, 6) is 0.495. The molecule has 0 radical (unpaired) electrons. The van der Waals surface area contributed by atoms with Crippen molar-refractivity contribution in [3.05, 3.63) is 70.9 Å². The molecule has 0 atom stereocenters. The lowest BCUT2D eigenvalue weighted by atomic mass is 10.0. The topological polar surface area (TPSA) is 65.1 Å². The quantitative estimate of drug-likeness (QED) is 0.504. The van der Waals surface area contributed by atoms with Gasteiger partial charge in [0, 0.05) is 16.9 Å². The fourth-order valence-electron chi connectivity index (χ4n) is 3.37. The molecule has 1 aliphatic heterocycles. The van der Waals surface area contributed by atoms with E-state index in [2.05, 4.69) is 0 Å². The number of carbonyl (C=O) groups excluding carboxylic acids is 2. The van der Waals surface area contributed by atoms with Crippen molar-refractivity contribution in [3.63, 3.8) is 0 Å². The highest BCUT2D eigenvalue weighted by molar-refractivity contribution is 6.23. The first-order chi connectivity index (χ1) is 14.5. The maximum absolute atomic E-state index is 13.4. The Kier molecular flexibility index (Phi) is 6.57. The van der Waals surface area contributed by atoms with Crippen LogP contribution >= 0.6 is 0 Å². The summed E-state index contributed by atoms with van der Waals surface area (Å²) in [4.78, 5) is 27.7. The van der Waals surface area contributed by atoms with Gasteiger partial charge in [-0.05, 0) is 57.2 Å². The summed E-state index contributed by atoms with van der Waals surface area (Å²) >= 11 is 0. The van der Waals surface area contributed by atoms with E-state index in [0.29, 0.717) is 35.1 Å². The van der Waals surface area contributed by atoms with Crippen molar-refractivity contribution in [3.8, 4) is 11.5 Å². The molecule has 2 aromatic carbocycles. The van der Waals surface area contributed by atoms with Gasteiger partial charge in [-0.15, -0.1) is 0 Å². The number of para-hydroxylation sites is 1. The number of esters is 1. The van der Waals surface area contributed by atoms with Crippen molar-refractivity contribution >= 4 is 23.6 Å². The van der Waals surface area contributed by atoms with Gasteiger partial charge in [-0.25, -0.2) is 4.79 Å². The Balaban J connectivity index is 2.12. The summed E-state index contributed by atoms with van der Waals surface area (Å²) < 4.78 is 16.1. The average Bonchev–Trinajstić information content (AvgIpc) is 2.99. The molecule has 2 aromatic rings. The molecule has 0 bridgehead atoms. The van der Waals surface area contributed by atoms with Gasteiger partial charge < -0.3 is 14.2 Å². The van der Waals surface area contributed by atoms with E-state index in [4.69, 9.17) is 14.2 Å². The molecule has 30 heavy (non-hydrogen) atoms. The Hall–Kier alpha value is -3.54. The number of ether oxygens (including phenoxy) is 3. The first kappa shape index (κ1) is 21.2. The third kappa shape index (κ3) is 4.08. The summed E-state index contributed by atoms with van der Waals surface area (Å²) in [6.07, 6.45) is 1.69. The predicted octanol–water partition coefficient (Wildman–Crippen LogP) is 4.36. The molecule has 3 rings (SSSR count). The molecular weight excluding hydrogens is 382 g/mol. The maximum atomic E-state index is 13.4. The van der Waals surface area contributed by atoms with Crippen LogP contribution in [0.5, 0.6) is 11.5 Å². The molecule has 6 nitrogen and oxygen atoms in total. The van der Waals surface area contributed by atoms with Gasteiger partial charge in [0.2, 0.25) is 0 Å². The van der Waals surface area contributed by atoms with E-state index < -0.39 is 5.97 Å². The van der Waals surface area contributed by atoms with Crippen LogP contribution in [0.25, 0.3) is 6.08 Å². The number of methoxy groups -OCH3 is 1. The summed E-state index contributed by atoms with van der Waals surface area (Å²) in [5, 5.41) is 0. The normalized spacial score (nSPS) is 15.0. The number of amides is 1. The number of nitrogens with zero attached hydrogens (tertiary/aromatic N) is 1. The first-order valence-corrected chi connectivity index (χ1v) is 9.82. The Morgan fingerprint density at radius 2 is 1.73 bits per heavy atom. The van der Waals surface area contributed by atoms with E-state index in [1.54, 1.807) is 51.3 Å². The van der Waals surface area contributed by atoms with Crippen LogP contribution in [-0.2, 0) is 14.3 Å². The number of hydrogen-bond donors (Lipinski definition) is 0. The van der Waals surface area contributed by atoms with Crippen LogP contribution < -0.4 is 14.4 Å². The Bertz CT molecular complexity index is 1000. The molecule has 0 aliphatic carbocycles. The zero-order valence-electron chi connectivity index (χ0n) is 17.6. The van der Waals surface area contributed by atoms with Crippen LogP contribution in [0.15, 0.2) is 65.4 Å². The van der Waals surface area contributed by atoms with Gasteiger partial charge in [-0.1, -0.05) is 18.2 Å². The molecule has 0 saturated heterocycles. The lowest BCUT2D eigenvalue weighted by Gasteiger charge is -2.18. The highest BCUT2D eigenvalue weighted by Crippen LogP contribution is 2.37. The summed E-state index contributed by atoms with van der Waals surface area (Å²) in [5.41, 5.74) is 2.40. The SMILES string of the molecule is CCOC(=O)C1=C(C)N(c2ccc(OC)cc2)C(=O)/C1=C\c1ccccc1OCC. The zero-order valence-corrected chi connectivity index (χ0v) is 17.6. The van der Waals surface area contributed by atoms with Crippen molar-refractivity contribution in [2.45, 2.75) is 20.8 Å². The van der Waals surface area contributed by atoms with Crippen molar-refractivity contribution in [1.29, 1.82) is 0 Å². The lowest BCUT2D eigenvalue weighted by Crippen LogP contribution is -2.24. The summed E-state index contributed by atoms with van der Waals surface area (Å²) in [6, 6.07) is 14.5. The molecule has 0 unspecified atom stereocenters. The van der Waals surface area contributed by atoms with E-state index in [1.165, 1.54) is 4.90 Å². The van der Waals surface area contributed by atoms with Gasteiger partial charge in [0.25, 0.3) is 5.91 Å². The second-order valence-corrected chi connectivity index (χ2v) is 6.55. The zero-order chi connectivity index (χ0) is 21.7. The molecule has 6 heteroatoms. The van der Waals surface area contributed by atoms with Crippen LogP contribution in [0.2, 0.25) is 0 Å². The minimum absolute atomic E-state index is 0.217. The molecule has 0 saturated carbocycles. The fourth-order valence-corrected chi connectivity index (χ4v) is 3.37. The van der Waals surface area contributed by atoms with E-state index in [-0.39, 0.29) is 23.7 Å². The average molecular weight is 407 g/mol. The van der Waals surface area contributed by atoms with Crippen LogP contribution in [-0.4, -0.2) is 32.2 Å². The van der Waals surface area contributed by atoms with Crippen LogP contribution in [0.3, 0.4) is 0 Å². The molecule has 156 valence electrons. The van der Waals surface area contributed by atoms with Gasteiger partial charge in [-0.3, -0.25) is 9.69 Å². The van der Waals surface area contributed by atoms with Crippen LogP contribution in [0.4, 0.5) is 5.69 Å². The van der Waals surface area contributed by atoms with Crippen LogP contribution in [0.1, 0.15) is 26.3 Å². The smallest absolute Gasteiger partial charge is 0.340 e. The molecule has 0 aromatic heterocycles. The molecule has 0 spiro atoms. The van der Waals surface area contributed by atoms with E-state index in [1.807, 2.05) is 31.2 Å². The number of benzene rings is 2. The van der Waals surface area contributed by atoms with Gasteiger partial charge in [0.15, 0.2) is 0 Å². The van der Waals surface area contributed by atoms with E-state index >= 15 is 0 Å². The van der Waals surface area contributed by atoms with Crippen molar-refractivity contribution in [1.82, 2.24) is 0 Å². The Labute approximate surface area is 176 Å². The third-order valence-corrected chi connectivity index (χ3v) is 4.73. The van der Waals surface area contributed by atoms with E-state index in [0.717, 1.165) is 0 Å². The third-order valence-electron chi connectivity index (χ3n) is 4.73.